The summed E-state index contributed by atoms with van der Waals surface area (Å²) in [5.74, 6) is -0.274. The molecule has 1 fully saturated rings. The maximum Gasteiger partial charge on any atom is 0.276 e. The Morgan fingerprint density at radius 1 is 1.10 bits per heavy atom. The maximum atomic E-state index is 12.8. The van der Waals surface area contributed by atoms with Gasteiger partial charge in [0.2, 0.25) is 0 Å². The summed E-state index contributed by atoms with van der Waals surface area (Å²) in [7, 11) is 0. The van der Waals surface area contributed by atoms with Crippen molar-refractivity contribution in [2.75, 3.05) is 13.1 Å². The summed E-state index contributed by atoms with van der Waals surface area (Å²) in [5, 5.41) is 11.1. The van der Waals surface area contributed by atoms with Crippen LogP contribution in [-0.4, -0.2) is 55.8 Å². The predicted octanol–water partition coefficient (Wildman–Crippen LogP) is 2.01. The maximum absolute atomic E-state index is 12.8. The number of pyridine rings is 1. The number of carbonyl (C=O) groups is 2. The molecule has 1 aliphatic rings. The van der Waals surface area contributed by atoms with Crippen LogP contribution in [0, 0.1) is 6.92 Å². The summed E-state index contributed by atoms with van der Waals surface area (Å²) in [5.41, 5.74) is 2.88. The molecule has 0 atom stereocenters. The summed E-state index contributed by atoms with van der Waals surface area (Å²) >= 11 is 0. The van der Waals surface area contributed by atoms with Gasteiger partial charge in [0, 0.05) is 31.5 Å². The highest BCUT2D eigenvalue weighted by Gasteiger charge is 2.26. The van der Waals surface area contributed by atoms with Crippen molar-refractivity contribution in [3.8, 4) is 5.69 Å². The van der Waals surface area contributed by atoms with Crippen LogP contribution in [0.2, 0.25) is 0 Å². The molecule has 0 aliphatic carbocycles. The van der Waals surface area contributed by atoms with E-state index in [4.69, 9.17) is 0 Å². The molecule has 3 aromatic rings. The Morgan fingerprint density at radius 3 is 2.55 bits per heavy atom. The van der Waals surface area contributed by atoms with Gasteiger partial charge in [-0.25, -0.2) is 4.68 Å². The summed E-state index contributed by atoms with van der Waals surface area (Å²) in [6.07, 6.45) is 6.23. The Balaban J connectivity index is 1.33. The van der Waals surface area contributed by atoms with Gasteiger partial charge in [0.05, 0.1) is 17.4 Å². The first kappa shape index (κ1) is 18.8. The average molecular weight is 390 g/mol. The summed E-state index contributed by atoms with van der Waals surface area (Å²) in [6.45, 7) is 3.14. The molecule has 0 spiro atoms. The number of piperidine rings is 1. The van der Waals surface area contributed by atoms with Crippen molar-refractivity contribution >= 4 is 11.8 Å². The third-order valence-electron chi connectivity index (χ3n) is 5.05. The molecule has 1 saturated heterocycles. The van der Waals surface area contributed by atoms with E-state index in [1.165, 1.54) is 0 Å². The molecule has 148 valence electrons. The fraction of sp³-hybridized carbons (Fsp3) is 0.286. The molecular weight excluding hydrogens is 368 g/mol. The lowest BCUT2D eigenvalue weighted by Crippen LogP contribution is -2.46. The standard InChI is InChI=1S/C21H22N6O2/c1-15-4-6-18(7-5-15)27-14-19(24-25-27)21(29)26-11-8-17(9-12-26)23-20(28)16-3-2-10-22-13-16/h2-7,10,13-14,17H,8-9,11-12H2,1H3,(H,23,28). The minimum atomic E-state index is -0.139. The molecule has 0 unspecified atom stereocenters. The molecular formula is C21H22N6O2. The van der Waals surface area contributed by atoms with Crippen LogP contribution >= 0.6 is 0 Å². The highest BCUT2D eigenvalue weighted by Crippen LogP contribution is 2.15. The fourth-order valence-corrected chi connectivity index (χ4v) is 3.34. The zero-order chi connectivity index (χ0) is 20.2. The SMILES string of the molecule is Cc1ccc(-n2cc(C(=O)N3CCC(NC(=O)c4cccnc4)CC3)nn2)cc1. The van der Waals surface area contributed by atoms with E-state index >= 15 is 0 Å². The van der Waals surface area contributed by atoms with Crippen LogP contribution in [-0.2, 0) is 0 Å². The summed E-state index contributed by atoms with van der Waals surface area (Å²) < 4.78 is 1.60. The fourth-order valence-electron chi connectivity index (χ4n) is 3.34. The van der Waals surface area contributed by atoms with E-state index in [2.05, 4.69) is 20.6 Å². The summed E-state index contributed by atoms with van der Waals surface area (Å²) in [4.78, 5) is 30.7. The highest BCUT2D eigenvalue weighted by atomic mass is 16.2. The van der Waals surface area contributed by atoms with Crippen LogP contribution in [0.4, 0.5) is 0 Å². The smallest absolute Gasteiger partial charge is 0.276 e. The molecule has 0 bridgehead atoms. The second-order valence-corrected chi connectivity index (χ2v) is 7.17. The van der Waals surface area contributed by atoms with Crippen molar-refractivity contribution in [1.29, 1.82) is 0 Å². The number of amides is 2. The number of benzene rings is 1. The normalized spacial score (nSPS) is 14.6. The zero-order valence-corrected chi connectivity index (χ0v) is 16.2. The van der Waals surface area contributed by atoms with E-state index in [1.54, 1.807) is 40.3 Å². The first-order valence-corrected chi connectivity index (χ1v) is 9.60. The first-order chi connectivity index (χ1) is 14.1. The van der Waals surface area contributed by atoms with Crippen molar-refractivity contribution in [3.05, 3.63) is 71.8 Å². The Labute approximate surface area is 168 Å². The van der Waals surface area contributed by atoms with Crippen LogP contribution in [0.1, 0.15) is 39.3 Å². The molecule has 8 nitrogen and oxygen atoms in total. The van der Waals surface area contributed by atoms with Gasteiger partial charge in [0.25, 0.3) is 11.8 Å². The highest BCUT2D eigenvalue weighted by molar-refractivity contribution is 5.94. The van der Waals surface area contributed by atoms with E-state index in [0.717, 1.165) is 11.3 Å². The number of aromatic nitrogens is 4. The third kappa shape index (κ3) is 4.31. The van der Waals surface area contributed by atoms with Gasteiger partial charge >= 0.3 is 0 Å². The number of rotatable bonds is 4. The van der Waals surface area contributed by atoms with Crippen LogP contribution in [0.5, 0.6) is 0 Å². The molecule has 29 heavy (non-hydrogen) atoms. The number of likely N-dealkylation sites (tertiary alicyclic amines) is 1. The molecule has 8 heteroatoms. The van der Waals surface area contributed by atoms with Crippen molar-refractivity contribution in [3.63, 3.8) is 0 Å². The van der Waals surface area contributed by atoms with Crippen molar-refractivity contribution in [2.24, 2.45) is 0 Å². The van der Waals surface area contributed by atoms with Crippen LogP contribution in [0.25, 0.3) is 5.69 Å². The van der Waals surface area contributed by atoms with E-state index in [0.29, 0.717) is 37.2 Å². The van der Waals surface area contributed by atoms with Crippen LogP contribution < -0.4 is 5.32 Å². The number of hydrogen-bond donors (Lipinski definition) is 1. The van der Waals surface area contributed by atoms with E-state index < -0.39 is 0 Å². The summed E-state index contributed by atoms with van der Waals surface area (Å²) in [6, 6.07) is 11.4. The molecule has 1 aliphatic heterocycles. The molecule has 3 heterocycles. The lowest BCUT2D eigenvalue weighted by molar-refractivity contribution is 0.0692. The van der Waals surface area contributed by atoms with E-state index in [-0.39, 0.29) is 17.9 Å². The van der Waals surface area contributed by atoms with Gasteiger partial charge in [-0.3, -0.25) is 14.6 Å². The minimum absolute atomic E-state index is 0.0370. The Kier molecular flexibility index (Phi) is 5.33. The lowest BCUT2D eigenvalue weighted by Gasteiger charge is -2.31. The largest absolute Gasteiger partial charge is 0.349 e. The number of aryl methyl sites for hydroxylation is 1. The number of hydrogen-bond acceptors (Lipinski definition) is 5. The third-order valence-corrected chi connectivity index (χ3v) is 5.05. The van der Waals surface area contributed by atoms with E-state index in [9.17, 15) is 9.59 Å². The van der Waals surface area contributed by atoms with Crippen LogP contribution in [0.3, 0.4) is 0 Å². The Bertz CT molecular complexity index is 992. The second kappa shape index (κ2) is 8.22. The van der Waals surface area contributed by atoms with Gasteiger partial charge in [0.15, 0.2) is 5.69 Å². The Morgan fingerprint density at radius 2 is 1.86 bits per heavy atom. The number of carbonyl (C=O) groups excluding carboxylic acids is 2. The molecule has 0 saturated carbocycles. The van der Waals surface area contributed by atoms with E-state index in [1.807, 2.05) is 31.2 Å². The quantitative estimate of drug-likeness (QED) is 0.736. The molecule has 4 rings (SSSR count). The van der Waals surface area contributed by atoms with Crippen molar-refractivity contribution in [2.45, 2.75) is 25.8 Å². The molecule has 2 amide bonds. The average Bonchev–Trinajstić information content (AvgIpc) is 3.25. The van der Waals surface area contributed by atoms with Gasteiger partial charge in [0.1, 0.15) is 0 Å². The van der Waals surface area contributed by atoms with Crippen molar-refractivity contribution < 1.29 is 9.59 Å². The van der Waals surface area contributed by atoms with Gasteiger partial charge in [-0.15, -0.1) is 5.10 Å². The second-order valence-electron chi connectivity index (χ2n) is 7.17. The first-order valence-electron chi connectivity index (χ1n) is 9.60. The molecule has 1 N–H and O–H groups in total. The van der Waals surface area contributed by atoms with Gasteiger partial charge < -0.3 is 10.2 Å². The van der Waals surface area contributed by atoms with Gasteiger partial charge in [-0.05, 0) is 44.0 Å². The lowest BCUT2D eigenvalue weighted by atomic mass is 10.0. The number of nitrogens with one attached hydrogen (secondary N) is 1. The zero-order valence-electron chi connectivity index (χ0n) is 16.2. The predicted molar refractivity (Wildman–Crippen MR) is 107 cm³/mol. The van der Waals surface area contributed by atoms with Gasteiger partial charge in [-0.1, -0.05) is 22.9 Å². The molecule has 0 radical (unpaired) electrons. The monoisotopic (exact) mass is 390 g/mol. The minimum Gasteiger partial charge on any atom is -0.349 e. The molecule has 2 aromatic heterocycles. The van der Waals surface area contributed by atoms with Crippen LogP contribution in [0.15, 0.2) is 55.0 Å². The van der Waals surface area contributed by atoms with Gasteiger partial charge in [-0.2, -0.15) is 0 Å². The molecule has 1 aromatic carbocycles. The Hall–Kier alpha value is -3.55. The topological polar surface area (TPSA) is 93.0 Å². The van der Waals surface area contributed by atoms with Crippen molar-refractivity contribution in [1.82, 2.24) is 30.2 Å². The number of nitrogens with zero attached hydrogens (tertiary/aromatic N) is 5.